The molecule has 0 aliphatic carbocycles. The second-order valence-electron chi connectivity index (χ2n) is 5.25. The third-order valence-electron chi connectivity index (χ3n) is 3.37. The maximum atomic E-state index is 11.8. The van der Waals surface area contributed by atoms with E-state index in [1.807, 2.05) is 18.2 Å². The first kappa shape index (κ1) is 16.3. The molecule has 6 nitrogen and oxygen atoms in total. The van der Waals surface area contributed by atoms with Crippen molar-refractivity contribution in [2.24, 2.45) is 0 Å². The van der Waals surface area contributed by atoms with E-state index in [0.717, 1.165) is 36.9 Å². The molecule has 118 valence electrons. The van der Waals surface area contributed by atoms with Crippen molar-refractivity contribution < 1.29 is 16.8 Å². The van der Waals surface area contributed by atoms with Crippen molar-refractivity contribution in [1.29, 1.82) is 0 Å². The monoisotopic (exact) mass is 332 g/mol. The Morgan fingerprint density at radius 2 is 1.95 bits per heavy atom. The van der Waals surface area contributed by atoms with Crippen LogP contribution >= 0.6 is 0 Å². The van der Waals surface area contributed by atoms with Crippen molar-refractivity contribution in [2.45, 2.75) is 19.4 Å². The molecular formula is C13H20N2O4S2. The van der Waals surface area contributed by atoms with Crippen LogP contribution in [-0.2, 0) is 32.8 Å². The average Bonchev–Trinajstić information content (AvgIpc) is 2.42. The van der Waals surface area contributed by atoms with Gasteiger partial charge in [0.15, 0.2) is 0 Å². The number of hydrogen-bond acceptors (Lipinski definition) is 5. The highest BCUT2D eigenvalue weighted by Crippen LogP contribution is 2.25. The Hall–Kier alpha value is -1.12. The van der Waals surface area contributed by atoms with Crippen LogP contribution < -0.4 is 10.0 Å². The van der Waals surface area contributed by atoms with Crippen molar-refractivity contribution in [1.82, 2.24) is 4.72 Å². The second kappa shape index (κ2) is 6.33. The summed E-state index contributed by atoms with van der Waals surface area (Å²) in [5, 5.41) is 3.29. The molecule has 0 saturated carbocycles. The van der Waals surface area contributed by atoms with Gasteiger partial charge in [0, 0.05) is 25.0 Å². The zero-order valence-corrected chi connectivity index (χ0v) is 13.6. The summed E-state index contributed by atoms with van der Waals surface area (Å²) in [6.07, 6.45) is 3.08. The fraction of sp³-hybridized carbons (Fsp3) is 0.538. The number of benzene rings is 1. The van der Waals surface area contributed by atoms with E-state index >= 15 is 0 Å². The van der Waals surface area contributed by atoms with Gasteiger partial charge >= 0.3 is 0 Å². The Morgan fingerprint density at radius 3 is 2.67 bits per heavy atom. The highest BCUT2D eigenvalue weighted by atomic mass is 32.2. The molecule has 1 heterocycles. The Morgan fingerprint density at radius 1 is 1.19 bits per heavy atom. The van der Waals surface area contributed by atoms with E-state index in [4.69, 9.17) is 0 Å². The summed E-state index contributed by atoms with van der Waals surface area (Å²) < 4.78 is 48.2. The van der Waals surface area contributed by atoms with Crippen molar-refractivity contribution in [3.8, 4) is 0 Å². The number of sulfonamides is 1. The fourth-order valence-electron chi connectivity index (χ4n) is 2.25. The van der Waals surface area contributed by atoms with E-state index in [1.165, 1.54) is 5.56 Å². The van der Waals surface area contributed by atoms with Crippen LogP contribution in [0, 0.1) is 0 Å². The smallest absolute Gasteiger partial charge is 0.212 e. The topological polar surface area (TPSA) is 92.3 Å². The molecule has 2 N–H and O–H groups in total. The van der Waals surface area contributed by atoms with Gasteiger partial charge in [0.2, 0.25) is 10.0 Å². The molecule has 2 rings (SSSR count). The number of fused-ring (bicyclic) bond motifs is 1. The van der Waals surface area contributed by atoms with E-state index in [2.05, 4.69) is 10.0 Å². The predicted molar refractivity (Wildman–Crippen MR) is 83.6 cm³/mol. The molecule has 21 heavy (non-hydrogen) atoms. The van der Waals surface area contributed by atoms with Crippen molar-refractivity contribution in [3.05, 3.63) is 29.3 Å². The first-order valence-corrected chi connectivity index (χ1v) is 10.5. The quantitative estimate of drug-likeness (QED) is 0.792. The summed E-state index contributed by atoms with van der Waals surface area (Å²) in [5.74, 6) is -0.776. The number of aryl methyl sites for hydroxylation is 1. The van der Waals surface area contributed by atoms with Crippen LogP contribution in [0.3, 0.4) is 0 Å². The fourth-order valence-corrected chi connectivity index (χ4v) is 4.86. The molecule has 0 aromatic heterocycles. The average molecular weight is 332 g/mol. The van der Waals surface area contributed by atoms with Gasteiger partial charge in [0.1, 0.15) is 9.84 Å². The standard InChI is InChI=1S/C13H20N2O4S2/c1-20(16,17)8-9-21(18,19)15-10-12-5-2-4-11-6-3-7-14-13(11)12/h2,4-5,14-15H,3,6-10H2,1H3. The lowest BCUT2D eigenvalue weighted by atomic mass is 9.99. The van der Waals surface area contributed by atoms with Crippen LogP contribution in [0.25, 0.3) is 0 Å². The van der Waals surface area contributed by atoms with Crippen LogP contribution in [-0.4, -0.2) is 41.1 Å². The van der Waals surface area contributed by atoms with Crippen LogP contribution in [0.4, 0.5) is 5.69 Å². The molecule has 0 radical (unpaired) electrons. The van der Waals surface area contributed by atoms with Gasteiger partial charge in [-0.3, -0.25) is 0 Å². The molecular weight excluding hydrogens is 312 g/mol. The molecule has 1 aliphatic rings. The summed E-state index contributed by atoms with van der Waals surface area (Å²) >= 11 is 0. The molecule has 0 spiro atoms. The van der Waals surface area contributed by atoms with Gasteiger partial charge in [-0.15, -0.1) is 0 Å². The minimum Gasteiger partial charge on any atom is -0.385 e. The van der Waals surface area contributed by atoms with Gasteiger partial charge < -0.3 is 5.32 Å². The lowest BCUT2D eigenvalue weighted by molar-refractivity contribution is 0.578. The minimum absolute atomic E-state index is 0.169. The Balaban J connectivity index is 2.03. The van der Waals surface area contributed by atoms with Gasteiger partial charge in [0.05, 0.1) is 11.5 Å². The summed E-state index contributed by atoms with van der Waals surface area (Å²) in [6, 6.07) is 5.81. The molecule has 1 aromatic rings. The van der Waals surface area contributed by atoms with E-state index in [-0.39, 0.29) is 12.3 Å². The lowest BCUT2D eigenvalue weighted by Crippen LogP contribution is -2.29. The zero-order valence-electron chi connectivity index (χ0n) is 11.9. The molecule has 0 saturated heterocycles. The maximum Gasteiger partial charge on any atom is 0.212 e. The lowest BCUT2D eigenvalue weighted by Gasteiger charge is -2.21. The SMILES string of the molecule is CS(=O)(=O)CCS(=O)(=O)NCc1cccc2c1NCCC2. The number of anilines is 1. The summed E-state index contributed by atoms with van der Waals surface area (Å²) in [7, 11) is -6.88. The van der Waals surface area contributed by atoms with Crippen LogP contribution in [0.2, 0.25) is 0 Å². The van der Waals surface area contributed by atoms with E-state index in [1.54, 1.807) is 0 Å². The van der Waals surface area contributed by atoms with E-state index in [9.17, 15) is 16.8 Å². The minimum atomic E-state index is -3.60. The van der Waals surface area contributed by atoms with Crippen LogP contribution in [0.1, 0.15) is 17.5 Å². The highest BCUT2D eigenvalue weighted by molar-refractivity contribution is 7.93. The first-order valence-electron chi connectivity index (χ1n) is 6.76. The number of nitrogens with one attached hydrogen (secondary N) is 2. The number of sulfone groups is 1. The predicted octanol–water partition coefficient (Wildman–Crippen LogP) is 0.509. The summed E-state index contributed by atoms with van der Waals surface area (Å²) in [4.78, 5) is 0. The highest BCUT2D eigenvalue weighted by Gasteiger charge is 2.17. The van der Waals surface area contributed by atoms with Crippen molar-refractivity contribution >= 4 is 25.5 Å². The molecule has 1 aliphatic heterocycles. The van der Waals surface area contributed by atoms with Crippen molar-refractivity contribution in [3.63, 3.8) is 0 Å². The van der Waals surface area contributed by atoms with Gasteiger partial charge in [-0.25, -0.2) is 21.6 Å². The largest absolute Gasteiger partial charge is 0.385 e. The van der Waals surface area contributed by atoms with Gasteiger partial charge in [-0.1, -0.05) is 18.2 Å². The van der Waals surface area contributed by atoms with Crippen LogP contribution in [0.5, 0.6) is 0 Å². The second-order valence-corrected chi connectivity index (χ2v) is 9.44. The summed E-state index contributed by atoms with van der Waals surface area (Å²) in [5.41, 5.74) is 3.07. The molecule has 0 fully saturated rings. The molecule has 0 amide bonds. The molecule has 8 heteroatoms. The summed E-state index contributed by atoms with van der Waals surface area (Å²) in [6.45, 7) is 1.05. The van der Waals surface area contributed by atoms with E-state index < -0.39 is 25.6 Å². The maximum absolute atomic E-state index is 11.8. The number of rotatable bonds is 6. The van der Waals surface area contributed by atoms with Gasteiger partial charge in [0.25, 0.3) is 0 Å². The Bertz CT molecular complexity index is 712. The first-order chi connectivity index (χ1) is 9.77. The third-order valence-corrected chi connectivity index (χ3v) is 5.90. The van der Waals surface area contributed by atoms with Crippen LogP contribution in [0.15, 0.2) is 18.2 Å². The van der Waals surface area contributed by atoms with Crippen molar-refractivity contribution in [2.75, 3.05) is 29.6 Å². The zero-order chi connectivity index (χ0) is 15.5. The normalized spacial score (nSPS) is 15.3. The molecule has 0 bridgehead atoms. The molecule has 0 atom stereocenters. The molecule has 1 aromatic carbocycles. The third kappa shape index (κ3) is 4.98. The van der Waals surface area contributed by atoms with Gasteiger partial charge in [-0.2, -0.15) is 0 Å². The Kier molecular flexibility index (Phi) is 4.90. The number of hydrogen-bond donors (Lipinski definition) is 2. The van der Waals surface area contributed by atoms with E-state index in [0.29, 0.717) is 0 Å². The molecule has 0 unspecified atom stereocenters. The Labute approximate surface area is 125 Å². The number of para-hydroxylation sites is 1. The van der Waals surface area contributed by atoms with Gasteiger partial charge in [-0.05, 0) is 24.0 Å².